The number of phenols is 1. The first kappa shape index (κ1) is 24.4. The number of phenolic OH excluding ortho intramolecular Hbond substituents is 1. The van der Waals surface area contributed by atoms with E-state index in [1.165, 1.54) is 16.8 Å². The minimum absolute atomic E-state index is 0.156. The normalized spacial score (nSPS) is 17.1. The van der Waals surface area contributed by atoms with Gasteiger partial charge in [0.1, 0.15) is 5.75 Å². The first-order chi connectivity index (χ1) is 17.4. The summed E-state index contributed by atoms with van der Waals surface area (Å²) in [5.74, 6) is 0.674. The Bertz CT molecular complexity index is 1330. The molecule has 2 aromatic heterocycles. The lowest BCUT2D eigenvalue weighted by atomic mass is 10.2. The van der Waals surface area contributed by atoms with E-state index >= 15 is 0 Å². The van der Waals surface area contributed by atoms with Crippen molar-refractivity contribution >= 4 is 79.7 Å². The van der Waals surface area contributed by atoms with E-state index in [2.05, 4.69) is 51.9 Å². The number of pyridine rings is 1. The van der Waals surface area contributed by atoms with Crippen molar-refractivity contribution in [1.82, 2.24) is 24.9 Å². The maximum absolute atomic E-state index is 13.1. The molecule has 2 fully saturated rings. The summed E-state index contributed by atoms with van der Waals surface area (Å²) < 4.78 is 1.10. The highest BCUT2D eigenvalue weighted by Crippen LogP contribution is 2.34. The number of thiocarbonyl (C=S) groups is 1. The van der Waals surface area contributed by atoms with Crippen molar-refractivity contribution in [2.24, 2.45) is 0 Å². The van der Waals surface area contributed by atoms with Gasteiger partial charge in [-0.3, -0.25) is 15.2 Å². The van der Waals surface area contributed by atoms with Crippen molar-refractivity contribution in [1.29, 1.82) is 0 Å². The first-order valence-electron chi connectivity index (χ1n) is 11.2. The van der Waals surface area contributed by atoms with Gasteiger partial charge in [-0.15, -0.1) is 0 Å². The van der Waals surface area contributed by atoms with Crippen LogP contribution in [0, 0.1) is 0 Å². The highest BCUT2D eigenvalue weighted by atomic mass is 79.9. The van der Waals surface area contributed by atoms with Crippen molar-refractivity contribution in [3.8, 4) is 5.75 Å². The van der Waals surface area contributed by atoms with Crippen molar-refractivity contribution in [3.05, 3.63) is 57.7 Å². The van der Waals surface area contributed by atoms with Gasteiger partial charge in [0.05, 0.1) is 4.91 Å². The number of aromatic hydroxyl groups is 1. The highest BCUT2D eigenvalue weighted by molar-refractivity contribution is 9.10. The van der Waals surface area contributed by atoms with Gasteiger partial charge in [0.15, 0.2) is 4.32 Å². The Kier molecular flexibility index (Phi) is 7.30. The molecule has 10 nitrogen and oxygen atoms in total. The highest BCUT2D eigenvalue weighted by Gasteiger charge is 2.33. The number of nitrogens with zero attached hydrogens (tertiary/aromatic N) is 5. The van der Waals surface area contributed by atoms with Gasteiger partial charge in [-0.25, -0.2) is 0 Å². The van der Waals surface area contributed by atoms with Crippen LogP contribution in [0.15, 0.2) is 52.1 Å². The lowest BCUT2D eigenvalue weighted by Crippen LogP contribution is -2.35. The molecule has 0 radical (unpaired) electrons. The second-order valence-electron chi connectivity index (χ2n) is 8.13. The second-order valence-corrected chi connectivity index (χ2v) is 10.7. The number of rotatable bonds is 7. The molecule has 1 aliphatic carbocycles. The van der Waals surface area contributed by atoms with Gasteiger partial charge in [0, 0.05) is 28.6 Å². The van der Waals surface area contributed by atoms with Crippen LogP contribution < -0.4 is 16.1 Å². The fourth-order valence-electron chi connectivity index (χ4n) is 3.78. The molecule has 5 rings (SSSR count). The number of nitrogens with one attached hydrogen (secondary N) is 3. The van der Waals surface area contributed by atoms with Crippen LogP contribution in [0.2, 0.25) is 0 Å². The van der Waals surface area contributed by atoms with E-state index in [0.29, 0.717) is 20.9 Å². The SMILES string of the molecule is O=C1/C(=C/c2ccncc2Br)SC(=S)N1Nc1nc(Nc2ccc(O)cc2)nc(NC2CCCC2)n1. The minimum Gasteiger partial charge on any atom is -0.508 e. The van der Waals surface area contributed by atoms with Gasteiger partial charge >= 0.3 is 0 Å². The van der Waals surface area contributed by atoms with Crippen LogP contribution in [0.4, 0.5) is 23.5 Å². The Morgan fingerprint density at radius 3 is 2.56 bits per heavy atom. The molecule has 1 aliphatic heterocycles. The number of hydrogen-bond acceptors (Lipinski definition) is 11. The largest absolute Gasteiger partial charge is 0.508 e. The number of amides is 1. The Morgan fingerprint density at radius 2 is 1.81 bits per heavy atom. The zero-order valence-corrected chi connectivity index (χ0v) is 22.0. The molecule has 184 valence electrons. The van der Waals surface area contributed by atoms with Crippen LogP contribution in [0.1, 0.15) is 31.2 Å². The molecule has 1 saturated heterocycles. The standard InChI is InChI=1S/C23H21BrN8O2S2/c24-17-12-25-10-9-13(17)11-18-19(34)32(23(35)36-18)31-22-29-20(26-14-3-1-2-4-14)28-21(30-22)27-15-5-7-16(33)8-6-15/h5-12,14,33H,1-4H2,(H3,26,27,28,29,30,31)/b18-11-. The number of thioether (sulfide) groups is 1. The van der Waals surface area contributed by atoms with Gasteiger partial charge in [0.25, 0.3) is 5.91 Å². The topological polar surface area (TPSA) is 128 Å². The molecule has 4 N–H and O–H groups in total. The number of carbonyl (C=O) groups excluding carboxylic acids is 1. The lowest BCUT2D eigenvalue weighted by molar-refractivity contribution is -0.121. The molecule has 1 saturated carbocycles. The Balaban J connectivity index is 1.40. The molecule has 3 aromatic rings. The Morgan fingerprint density at radius 1 is 1.08 bits per heavy atom. The lowest BCUT2D eigenvalue weighted by Gasteiger charge is -2.18. The molecular weight excluding hydrogens is 564 g/mol. The van der Waals surface area contributed by atoms with Gasteiger partial charge in [-0.1, -0.05) is 24.6 Å². The number of carbonyl (C=O) groups is 1. The van der Waals surface area contributed by atoms with Gasteiger partial charge in [-0.05, 0) is 83.0 Å². The fourth-order valence-corrected chi connectivity index (χ4v) is 5.32. The Labute approximate surface area is 225 Å². The first-order valence-corrected chi connectivity index (χ1v) is 13.2. The number of benzene rings is 1. The van der Waals surface area contributed by atoms with Crippen molar-refractivity contribution in [3.63, 3.8) is 0 Å². The molecule has 13 heteroatoms. The summed E-state index contributed by atoms with van der Waals surface area (Å²) in [4.78, 5) is 31.1. The third-order valence-corrected chi connectivity index (χ3v) is 7.51. The van der Waals surface area contributed by atoms with Gasteiger partial charge in [-0.2, -0.15) is 20.0 Å². The monoisotopic (exact) mass is 584 g/mol. The third-order valence-electron chi connectivity index (χ3n) is 5.54. The average Bonchev–Trinajstić information content (AvgIpc) is 3.46. The molecule has 0 bridgehead atoms. The predicted molar refractivity (Wildman–Crippen MR) is 148 cm³/mol. The quantitative estimate of drug-likeness (QED) is 0.169. The molecule has 0 atom stereocenters. The molecular formula is C23H21BrN8O2S2. The molecule has 0 unspecified atom stereocenters. The molecule has 1 amide bonds. The molecule has 36 heavy (non-hydrogen) atoms. The van der Waals surface area contributed by atoms with Gasteiger partial charge in [0.2, 0.25) is 17.8 Å². The molecule has 0 spiro atoms. The predicted octanol–water partition coefficient (Wildman–Crippen LogP) is 5.06. The summed E-state index contributed by atoms with van der Waals surface area (Å²) in [5, 5.41) is 17.3. The number of hydrazine groups is 1. The maximum Gasteiger partial charge on any atom is 0.285 e. The maximum atomic E-state index is 13.1. The summed E-state index contributed by atoms with van der Waals surface area (Å²) in [6, 6.07) is 8.63. The van der Waals surface area contributed by atoms with Crippen LogP contribution in [-0.2, 0) is 4.79 Å². The summed E-state index contributed by atoms with van der Waals surface area (Å²) in [6.45, 7) is 0. The fraction of sp³-hybridized carbons (Fsp3) is 0.217. The Hall–Kier alpha value is -3.29. The number of aromatic nitrogens is 4. The zero-order chi connectivity index (χ0) is 25.1. The van der Waals surface area contributed by atoms with Crippen molar-refractivity contribution in [2.75, 3.05) is 16.1 Å². The van der Waals surface area contributed by atoms with E-state index in [4.69, 9.17) is 12.2 Å². The van der Waals surface area contributed by atoms with E-state index in [-0.39, 0.29) is 29.6 Å². The molecule has 2 aliphatic rings. The summed E-state index contributed by atoms with van der Waals surface area (Å²) in [6.07, 6.45) is 9.47. The average molecular weight is 586 g/mol. The van der Waals surface area contributed by atoms with Crippen LogP contribution >= 0.6 is 39.9 Å². The molecule has 1 aromatic carbocycles. The number of hydrogen-bond donors (Lipinski definition) is 4. The van der Waals surface area contributed by atoms with Crippen LogP contribution in [-0.4, -0.2) is 46.3 Å². The van der Waals surface area contributed by atoms with E-state index in [0.717, 1.165) is 35.7 Å². The number of anilines is 4. The van der Waals surface area contributed by atoms with Crippen molar-refractivity contribution in [2.45, 2.75) is 31.7 Å². The van der Waals surface area contributed by atoms with Crippen LogP contribution in [0.25, 0.3) is 6.08 Å². The summed E-state index contributed by atoms with van der Waals surface area (Å²) >= 11 is 10.1. The van der Waals surface area contributed by atoms with Gasteiger partial charge < -0.3 is 15.7 Å². The van der Waals surface area contributed by atoms with Crippen LogP contribution in [0.5, 0.6) is 5.75 Å². The van der Waals surface area contributed by atoms with E-state index < -0.39 is 0 Å². The number of halogens is 1. The van der Waals surface area contributed by atoms with E-state index in [1.807, 2.05) is 0 Å². The molecule has 3 heterocycles. The summed E-state index contributed by atoms with van der Waals surface area (Å²) in [5.41, 5.74) is 4.45. The third kappa shape index (κ3) is 5.74. The second kappa shape index (κ2) is 10.8. The van der Waals surface area contributed by atoms with E-state index in [1.54, 1.807) is 48.8 Å². The minimum atomic E-state index is -0.313. The smallest absolute Gasteiger partial charge is 0.285 e. The van der Waals surface area contributed by atoms with Crippen LogP contribution in [0.3, 0.4) is 0 Å². The van der Waals surface area contributed by atoms with E-state index in [9.17, 15) is 9.90 Å². The summed E-state index contributed by atoms with van der Waals surface area (Å²) in [7, 11) is 0. The zero-order valence-electron chi connectivity index (χ0n) is 18.8. The van der Waals surface area contributed by atoms with Crippen molar-refractivity contribution < 1.29 is 9.90 Å².